The van der Waals surface area contributed by atoms with Crippen LogP contribution in [0.3, 0.4) is 0 Å². The van der Waals surface area contributed by atoms with Gasteiger partial charge in [-0.2, -0.15) is 0 Å². The van der Waals surface area contributed by atoms with Crippen molar-refractivity contribution in [3.05, 3.63) is 53.6 Å². The summed E-state index contributed by atoms with van der Waals surface area (Å²) in [5, 5.41) is 5.27. The van der Waals surface area contributed by atoms with E-state index < -0.39 is 17.8 Å². The molecule has 5 aliphatic rings. The van der Waals surface area contributed by atoms with Crippen molar-refractivity contribution in [2.75, 3.05) is 37.7 Å². The molecule has 230 valence electrons. The summed E-state index contributed by atoms with van der Waals surface area (Å²) in [6, 6.07) is 10.6. The maximum Gasteiger partial charge on any atom is 0.225 e. The molecule has 4 saturated heterocycles. The quantitative estimate of drug-likeness (QED) is 0.312. The van der Waals surface area contributed by atoms with E-state index in [0.29, 0.717) is 47.3 Å². The molecule has 0 amide bonds. The minimum absolute atomic E-state index is 0.00801. The van der Waals surface area contributed by atoms with E-state index in [1.165, 1.54) is 6.07 Å². The minimum Gasteiger partial charge on any atom is -0.476 e. The highest BCUT2D eigenvalue weighted by atomic mass is 19.1. The van der Waals surface area contributed by atoms with E-state index in [0.717, 1.165) is 44.5 Å². The van der Waals surface area contributed by atoms with Gasteiger partial charge in [-0.05, 0) is 43.7 Å². The Labute approximate surface area is 258 Å². The van der Waals surface area contributed by atoms with E-state index in [1.54, 1.807) is 18.2 Å². The molecule has 45 heavy (non-hydrogen) atoms. The monoisotopic (exact) mass is 611 g/mol. The number of ether oxygens (including phenoxy) is 2. The van der Waals surface area contributed by atoms with Crippen molar-refractivity contribution in [1.82, 2.24) is 20.2 Å². The number of aromatic nitrogens is 2. The number of alkyl halides is 1. The van der Waals surface area contributed by atoms with Crippen LogP contribution in [0.4, 0.5) is 18.9 Å². The van der Waals surface area contributed by atoms with Crippen molar-refractivity contribution >= 4 is 27.4 Å². The zero-order chi connectivity index (χ0) is 30.4. The number of piperazine rings is 1. The first-order valence-corrected chi connectivity index (χ1v) is 15.8. The van der Waals surface area contributed by atoms with E-state index in [9.17, 15) is 8.78 Å². The Morgan fingerprint density at radius 2 is 2.04 bits per heavy atom. The molecule has 5 aliphatic heterocycles. The van der Waals surface area contributed by atoms with Gasteiger partial charge < -0.3 is 19.7 Å². The van der Waals surface area contributed by atoms with Crippen molar-refractivity contribution < 1.29 is 22.6 Å². The molecule has 7 nitrogen and oxygen atoms in total. The fourth-order valence-electron chi connectivity index (χ4n) is 8.66. The van der Waals surface area contributed by atoms with Crippen LogP contribution in [-0.2, 0) is 0 Å². The van der Waals surface area contributed by atoms with Gasteiger partial charge in [-0.25, -0.2) is 23.1 Å². The third-order valence-corrected chi connectivity index (χ3v) is 10.7. The van der Waals surface area contributed by atoms with Crippen molar-refractivity contribution in [1.29, 1.82) is 0 Å². The summed E-state index contributed by atoms with van der Waals surface area (Å²) < 4.78 is 59.2. The zero-order valence-corrected chi connectivity index (χ0v) is 24.7. The Bertz CT molecular complexity index is 1930. The molecule has 0 aliphatic carbocycles. The van der Waals surface area contributed by atoms with Crippen LogP contribution in [0.1, 0.15) is 37.7 Å². The maximum absolute atomic E-state index is 17.0. The molecule has 0 unspecified atom stereocenters. The zero-order valence-electron chi connectivity index (χ0n) is 24.7. The normalized spacial score (nSPS) is 28.5. The average molecular weight is 612 g/mol. The van der Waals surface area contributed by atoms with Gasteiger partial charge in [0.25, 0.3) is 0 Å². The number of halogens is 3. The number of fused-ring (bicyclic) bond motifs is 7. The summed E-state index contributed by atoms with van der Waals surface area (Å²) in [5.74, 6) is 1.78. The van der Waals surface area contributed by atoms with Crippen LogP contribution in [0.25, 0.3) is 32.9 Å². The summed E-state index contributed by atoms with van der Waals surface area (Å²) in [7, 11) is 0. The van der Waals surface area contributed by atoms with Crippen LogP contribution in [0.2, 0.25) is 0 Å². The van der Waals surface area contributed by atoms with Gasteiger partial charge in [-0.3, -0.25) is 4.90 Å². The lowest BCUT2D eigenvalue weighted by atomic mass is 9.95. The number of benzene rings is 2. The molecule has 2 bridgehead atoms. The molecule has 2 aromatic carbocycles. The van der Waals surface area contributed by atoms with Gasteiger partial charge in [0, 0.05) is 48.6 Å². The molecule has 0 spiro atoms. The second kappa shape index (κ2) is 9.96. The van der Waals surface area contributed by atoms with Gasteiger partial charge >= 0.3 is 0 Å². The van der Waals surface area contributed by atoms with E-state index >= 15 is 4.39 Å². The molecule has 9 rings (SSSR count). The molecular formula is C35H32F3N5O2. The molecule has 4 fully saturated rings. The smallest absolute Gasteiger partial charge is 0.225 e. The summed E-state index contributed by atoms with van der Waals surface area (Å²) in [4.78, 5) is 14.0. The number of hydrogen-bond donors (Lipinski definition) is 1. The third-order valence-electron chi connectivity index (χ3n) is 10.7. The van der Waals surface area contributed by atoms with E-state index in [2.05, 4.69) is 21.0 Å². The lowest BCUT2D eigenvalue weighted by Crippen LogP contribution is -2.59. The average Bonchev–Trinajstić information content (AvgIpc) is 3.68. The fraction of sp³-hybridized carbons (Fsp3) is 0.429. The largest absolute Gasteiger partial charge is 0.476 e. The van der Waals surface area contributed by atoms with Gasteiger partial charge in [-0.15, -0.1) is 6.42 Å². The van der Waals surface area contributed by atoms with E-state index in [1.807, 2.05) is 12.1 Å². The highest BCUT2D eigenvalue weighted by molar-refractivity contribution is 6.04. The highest BCUT2D eigenvalue weighted by Gasteiger charge is 2.49. The second-order valence-corrected chi connectivity index (χ2v) is 13.2. The minimum atomic E-state index is -0.885. The topological polar surface area (TPSA) is 62.8 Å². The van der Waals surface area contributed by atoms with Crippen LogP contribution >= 0.6 is 0 Å². The fourth-order valence-corrected chi connectivity index (χ4v) is 8.66. The SMILES string of the molecule is C#Cc1c(F)ccc2cccc(-c3nc4c5c(cc(OC[C@@]67CCCN6C[C@H](F)C7)nc5c3F)N3C[C@H]5CC[C@H](N5)[C@H]3CO4)c12. The van der Waals surface area contributed by atoms with E-state index in [-0.39, 0.29) is 52.8 Å². The Hall–Kier alpha value is -4.07. The third kappa shape index (κ3) is 4.06. The molecule has 4 aromatic rings. The van der Waals surface area contributed by atoms with Gasteiger partial charge in [0.2, 0.25) is 11.8 Å². The molecule has 0 radical (unpaired) electrons. The van der Waals surface area contributed by atoms with Crippen molar-refractivity contribution in [2.24, 2.45) is 0 Å². The first-order chi connectivity index (χ1) is 21.9. The number of anilines is 1. The van der Waals surface area contributed by atoms with Crippen LogP contribution < -0.4 is 19.7 Å². The van der Waals surface area contributed by atoms with Crippen LogP contribution in [0.5, 0.6) is 11.8 Å². The predicted molar refractivity (Wildman–Crippen MR) is 165 cm³/mol. The van der Waals surface area contributed by atoms with Crippen LogP contribution in [0, 0.1) is 24.0 Å². The molecule has 0 saturated carbocycles. The predicted octanol–water partition coefficient (Wildman–Crippen LogP) is 5.37. The first-order valence-electron chi connectivity index (χ1n) is 15.8. The number of pyridine rings is 2. The first kappa shape index (κ1) is 27.3. The summed E-state index contributed by atoms with van der Waals surface area (Å²) in [5.41, 5.74) is 0.849. The lowest BCUT2D eigenvalue weighted by molar-refractivity contribution is 0.111. The summed E-state index contributed by atoms with van der Waals surface area (Å²) in [6.07, 6.45) is 9.22. The van der Waals surface area contributed by atoms with Gasteiger partial charge in [0.1, 0.15) is 36.4 Å². The summed E-state index contributed by atoms with van der Waals surface area (Å²) in [6.45, 7) is 2.64. The Kier molecular flexibility index (Phi) is 6.04. The second-order valence-electron chi connectivity index (χ2n) is 13.2. The molecule has 1 N–H and O–H groups in total. The van der Waals surface area contributed by atoms with Crippen molar-refractivity contribution in [3.63, 3.8) is 0 Å². The number of hydrogen-bond acceptors (Lipinski definition) is 7. The maximum atomic E-state index is 17.0. The molecule has 10 heteroatoms. The van der Waals surface area contributed by atoms with E-state index in [4.69, 9.17) is 25.9 Å². The molecule has 5 atom stereocenters. The Balaban J connectivity index is 1.24. The lowest BCUT2D eigenvalue weighted by Gasteiger charge is -2.41. The standard InChI is InChI=1S/C35H32F3N5O2/c1-2-22-24(37)9-7-19-5-3-6-23(29(19)22)32-31(38)33-30-26(43-16-21-8-10-25(39-21)27(43)17-44-34(30)41-32)13-28(40-33)45-18-35-11-4-12-42(35)15-20(36)14-35/h1,3,5-7,9,13,20-21,25,27,39H,4,8,10-12,14-18H2/t20-,21-,25+,27-,35+/m1/s1. The highest BCUT2D eigenvalue weighted by Crippen LogP contribution is 2.46. The summed E-state index contributed by atoms with van der Waals surface area (Å²) >= 11 is 0. The van der Waals surface area contributed by atoms with Crippen LogP contribution in [-0.4, -0.2) is 77.6 Å². The number of rotatable bonds is 4. The number of nitrogens with zero attached hydrogens (tertiary/aromatic N) is 4. The number of nitrogens with one attached hydrogen (secondary N) is 1. The van der Waals surface area contributed by atoms with Crippen molar-refractivity contribution in [2.45, 2.75) is 61.9 Å². The van der Waals surface area contributed by atoms with Crippen LogP contribution in [0.15, 0.2) is 36.4 Å². The molecule has 2 aromatic heterocycles. The molecular weight excluding hydrogens is 579 g/mol. The number of terminal acetylenes is 1. The van der Waals surface area contributed by atoms with Gasteiger partial charge in [0.05, 0.1) is 28.2 Å². The molecule has 7 heterocycles. The Morgan fingerprint density at radius 1 is 1.13 bits per heavy atom. The van der Waals surface area contributed by atoms with Gasteiger partial charge in [0.15, 0.2) is 5.82 Å². The van der Waals surface area contributed by atoms with Crippen molar-refractivity contribution in [3.8, 4) is 35.4 Å². The van der Waals surface area contributed by atoms with Gasteiger partial charge in [-0.1, -0.05) is 30.2 Å². The Morgan fingerprint density at radius 3 is 2.93 bits per heavy atom.